The van der Waals surface area contributed by atoms with Gasteiger partial charge in [-0.3, -0.25) is 13.6 Å². The molecule has 186 valence electrons. The van der Waals surface area contributed by atoms with Crippen molar-refractivity contribution in [2.75, 3.05) is 0 Å². The Bertz CT molecular complexity index is 337. The van der Waals surface area contributed by atoms with E-state index in [1.54, 1.807) is 0 Å². The maximum atomic E-state index is 7.75. The molecule has 0 aromatic rings. The van der Waals surface area contributed by atoms with Gasteiger partial charge in [0.25, 0.3) is 0 Å². The second-order valence-corrected chi connectivity index (χ2v) is 8.67. The van der Waals surface area contributed by atoms with E-state index in [-0.39, 0.29) is 42.9 Å². The van der Waals surface area contributed by atoms with Crippen LogP contribution in [0.1, 0.15) is 109 Å². The van der Waals surface area contributed by atoms with Crippen molar-refractivity contribution in [1.29, 1.82) is 0 Å². The van der Waals surface area contributed by atoms with E-state index < -0.39 is 0 Å². The maximum Gasteiger partial charge on any atom is 6.00 e. The van der Waals surface area contributed by atoms with E-state index >= 15 is 0 Å². The fourth-order valence-electron chi connectivity index (χ4n) is 2.21. The Morgan fingerprint density at radius 1 is 0.613 bits per heavy atom. The summed E-state index contributed by atoms with van der Waals surface area (Å²) >= 11 is 0. The molecule has 0 N–H and O–H groups in total. The summed E-state index contributed by atoms with van der Waals surface area (Å²) < 4.78 is 0. The third-order valence-corrected chi connectivity index (χ3v) is 4.93. The Morgan fingerprint density at radius 3 is 1.00 bits per heavy atom. The van der Waals surface area contributed by atoms with Crippen molar-refractivity contribution in [1.82, 2.24) is 0 Å². The van der Waals surface area contributed by atoms with Crippen LogP contribution in [0.15, 0.2) is 0 Å². The first-order valence-electron chi connectivity index (χ1n) is 11.1. The van der Waals surface area contributed by atoms with Crippen LogP contribution >= 0.6 is 0 Å². The molecule has 6 nitrogen and oxygen atoms in total. The SMILES string of the molecule is CCC(C)[N-]C(C)[N-]C(C)(C)CC.CCC(C)[N-]C(C)[N-]C(C)(C)CC.[CH-]=O.[CH-]=O.[Ru+6]. The van der Waals surface area contributed by atoms with Crippen LogP contribution < -0.4 is 0 Å². The summed E-state index contributed by atoms with van der Waals surface area (Å²) in [5.74, 6) is 0. The van der Waals surface area contributed by atoms with Crippen molar-refractivity contribution in [2.45, 2.75) is 144 Å². The third-order valence-electron chi connectivity index (χ3n) is 4.93. The molecule has 0 rings (SSSR count). The fraction of sp³-hybridized carbons (Fsp3) is 0.917. The second kappa shape index (κ2) is 24.4. The number of nitrogens with zero attached hydrogens (tertiary/aromatic N) is 4. The molecule has 0 aromatic carbocycles. The Kier molecular flexibility index (Phi) is 32.4. The average Bonchev–Trinajstić information content (AvgIpc) is 2.70. The van der Waals surface area contributed by atoms with Gasteiger partial charge in [0.15, 0.2) is 0 Å². The van der Waals surface area contributed by atoms with Crippen LogP contribution in [0.4, 0.5) is 0 Å². The molecule has 4 atom stereocenters. The zero-order valence-corrected chi connectivity index (χ0v) is 24.0. The fourth-order valence-corrected chi connectivity index (χ4v) is 2.21. The minimum Gasteiger partial charge on any atom is -0.676 e. The Balaban J connectivity index is -0.000000122. The first-order chi connectivity index (χ1) is 13.8. The minimum absolute atomic E-state index is 0. The summed E-state index contributed by atoms with van der Waals surface area (Å²) in [7, 11) is 0. The third kappa shape index (κ3) is 29.8. The number of rotatable bonds is 12. The molecule has 0 spiro atoms. The van der Waals surface area contributed by atoms with Gasteiger partial charge in [-0.15, -0.1) is 37.0 Å². The molecule has 0 aromatic heterocycles. The minimum atomic E-state index is 0. The summed E-state index contributed by atoms with van der Waals surface area (Å²) in [6, 6.07) is 0.873. The van der Waals surface area contributed by atoms with Crippen molar-refractivity contribution in [3.05, 3.63) is 21.3 Å². The normalized spacial score (nSPS) is 14.6. The van der Waals surface area contributed by atoms with Gasteiger partial charge in [-0.25, -0.2) is 12.3 Å². The molecule has 7 heteroatoms. The molecule has 0 heterocycles. The second-order valence-electron chi connectivity index (χ2n) is 8.67. The molecular weight excluding hydrogens is 477 g/mol. The van der Waals surface area contributed by atoms with Gasteiger partial charge in [0, 0.05) is 0 Å². The topological polar surface area (TPSA) is 90.5 Å². The first kappa shape index (κ1) is 41.1. The van der Waals surface area contributed by atoms with E-state index in [9.17, 15) is 0 Å². The van der Waals surface area contributed by atoms with Crippen molar-refractivity contribution in [2.24, 2.45) is 0 Å². The summed E-state index contributed by atoms with van der Waals surface area (Å²) in [4.78, 5) is 15.5. The van der Waals surface area contributed by atoms with Gasteiger partial charge in [0.05, 0.1) is 0 Å². The van der Waals surface area contributed by atoms with Gasteiger partial charge in [0.2, 0.25) is 0 Å². The largest absolute Gasteiger partial charge is 6.00 e. The molecule has 4 unspecified atom stereocenters. The zero-order valence-electron chi connectivity index (χ0n) is 22.3. The Morgan fingerprint density at radius 2 is 0.839 bits per heavy atom. The molecule has 0 radical (unpaired) electrons. The Labute approximate surface area is 208 Å². The van der Waals surface area contributed by atoms with Gasteiger partial charge in [-0.1, -0.05) is 94.9 Å². The monoisotopic (exact) mass is 528 g/mol. The molecule has 0 aliphatic rings. The van der Waals surface area contributed by atoms with Crippen LogP contribution in [0.2, 0.25) is 0 Å². The first-order valence-corrected chi connectivity index (χ1v) is 11.1. The van der Waals surface area contributed by atoms with Crippen molar-refractivity contribution >= 4 is 13.6 Å². The van der Waals surface area contributed by atoms with Crippen LogP contribution in [0.5, 0.6) is 0 Å². The van der Waals surface area contributed by atoms with E-state index in [0.717, 1.165) is 25.7 Å². The number of hydrogen-bond acceptors (Lipinski definition) is 2. The van der Waals surface area contributed by atoms with Gasteiger partial charge in [-0.2, -0.15) is 0 Å². The Hall–Kier alpha value is -0.197. The average molecular weight is 528 g/mol. The zero-order chi connectivity index (χ0) is 25.0. The van der Waals surface area contributed by atoms with E-state index in [2.05, 4.69) is 118 Å². The van der Waals surface area contributed by atoms with Crippen LogP contribution in [0.25, 0.3) is 21.3 Å². The van der Waals surface area contributed by atoms with Crippen molar-refractivity contribution < 1.29 is 29.1 Å². The van der Waals surface area contributed by atoms with Gasteiger partial charge < -0.3 is 30.9 Å². The van der Waals surface area contributed by atoms with Gasteiger partial charge in [0.1, 0.15) is 0 Å². The maximum absolute atomic E-state index is 7.75. The van der Waals surface area contributed by atoms with Crippen molar-refractivity contribution in [3.63, 3.8) is 0 Å². The van der Waals surface area contributed by atoms with E-state index in [1.165, 1.54) is 0 Å². The molecule has 0 saturated carbocycles. The smallest absolute Gasteiger partial charge is 0.676 e. The summed E-state index contributed by atoms with van der Waals surface area (Å²) in [5, 5.41) is 18.4. The van der Waals surface area contributed by atoms with Crippen molar-refractivity contribution in [3.8, 4) is 0 Å². The van der Waals surface area contributed by atoms with Crippen LogP contribution in [0.3, 0.4) is 0 Å². The van der Waals surface area contributed by atoms with Crippen LogP contribution in [0, 0.1) is 0 Å². The predicted octanol–water partition coefficient (Wildman–Crippen LogP) is 7.58. The molecule has 31 heavy (non-hydrogen) atoms. The van der Waals surface area contributed by atoms with Gasteiger partial charge >= 0.3 is 19.5 Å². The molecule has 0 bridgehead atoms. The molecule has 0 aliphatic carbocycles. The quantitative estimate of drug-likeness (QED) is 0.149. The molecule has 0 aliphatic heterocycles. The summed E-state index contributed by atoms with van der Waals surface area (Å²) in [6.45, 7) is 32.2. The van der Waals surface area contributed by atoms with E-state index in [1.807, 2.05) is 0 Å². The van der Waals surface area contributed by atoms with E-state index in [4.69, 9.17) is 9.59 Å². The van der Waals surface area contributed by atoms with Crippen LogP contribution in [-0.4, -0.2) is 49.1 Å². The molecular formula is C24H50N4O2Ru. The van der Waals surface area contributed by atoms with Gasteiger partial charge in [-0.05, 0) is 0 Å². The standard InChI is InChI=1S/2C11H24N2.2CHO.Ru/c2*1-7-9(3)12-10(4)13-11(5,6)8-2;2*1-2;/h2*9-10H,7-8H2,1-6H3;2*1H;/q2*-2;2*-1;+6. The number of carbonyl (C=O) groups excluding carboxylic acids is 2. The molecule has 0 saturated heterocycles. The molecule has 0 amide bonds. The number of hydrogen-bond donors (Lipinski definition) is 0. The van der Waals surface area contributed by atoms with E-state index in [0.29, 0.717) is 12.1 Å². The summed E-state index contributed by atoms with van der Waals surface area (Å²) in [6.07, 6.45) is 4.65. The predicted molar refractivity (Wildman–Crippen MR) is 134 cm³/mol. The van der Waals surface area contributed by atoms with Crippen LogP contribution in [-0.2, 0) is 29.1 Å². The molecule has 0 fully saturated rings. The summed E-state index contributed by atoms with van der Waals surface area (Å²) in [5.41, 5.74) is 0.159.